The average Bonchev–Trinajstić information content (AvgIpc) is 3.44. The molecule has 0 radical (unpaired) electrons. The van der Waals surface area contributed by atoms with Crippen LogP contribution in [-0.4, -0.2) is 42.8 Å². The molecule has 0 N–H and O–H groups in total. The van der Waals surface area contributed by atoms with Gasteiger partial charge in [0.15, 0.2) is 11.6 Å². The van der Waals surface area contributed by atoms with E-state index in [4.69, 9.17) is 4.74 Å². The predicted molar refractivity (Wildman–Crippen MR) is 131 cm³/mol. The van der Waals surface area contributed by atoms with Crippen molar-refractivity contribution in [3.8, 4) is 11.4 Å². The molecule has 4 aromatic rings. The maximum absolute atomic E-state index is 14.5. The number of benzene rings is 1. The second-order valence-corrected chi connectivity index (χ2v) is 8.49. The third-order valence-electron chi connectivity index (χ3n) is 6.07. The number of ether oxygens (including phenoxy) is 1. The number of anilines is 1. The summed E-state index contributed by atoms with van der Waals surface area (Å²) in [5.74, 6) is 0.766. The SMILES string of the molecule is CCc1cnc(N2CC=C(c3ccc(COc4ccc(-n5cncn5)cc4F)nc3)C(C)C2)nc1. The van der Waals surface area contributed by atoms with Crippen LogP contribution in [0.5, 0.6) is 5.75 Å². The molecule has 35 heavy (non-hydrogen) atoms. The molecule has 4 heterocycles. The van der Waals surface area contributed by atoms with E-state index >= 15 is 0 Å². The van der Waals surface area contributed by atoms with Crippen molar-refractivity contribution in [2.75, 3.05) is 18.0 Å². The molecule has 8 nitrogen and oxygen atoms in total. The van der Waals surface area contributed by atoms with Crippen molar-refractivity contribution >= 4 is 11.5 Å². The molecule has 0 bridgehead atoms. The van der Waals surface area contributed by atoms with Crippen LogP contribution in [-0.2, 0) is 13.0 Å². The molecule has 0 saturated carbocycles. The monoisotopic (exact) mass is 471 g/mol. The molecule has 1 aliphatic rings. The Morgan fingerprint density at radius 3 is 2.60 bits per heavy atom. The molecule has 1 aromatic carbocycles. The largest absolute Gasteiger partial charge is 0.484 e. The Labute approximate surface area is 203 Å². The highest BCUT2D eigenvalue weighted by atomic mass is 19.1. The molecule has 3 aromatic heterocycles. The summed E-state index contributed by atoms with van der Waals surface area (Å²) < 4.78 is 21.6. The standard InChI is InChI=1S/C26H26FN7O/c1-3-19-11-30-26(31-12-19)33-9-8-23(18(2)14-33)20-4-5-21(29-13-20)15-35-25-7-6-22(10-24(25)27)34-17-28-16-32-34/h4-8,10-13,16-18H,3,9,14-15H2,1-2H3. The van der Waals surface area contributed by atoms with Gasteiger partial charge in [0.2, 0.25) is 5.95 Å². The van der Waals surface area contributed by atoms with Gasteiger partial charge >= 0.3 is 0 Å². The summed E-state index contributed by atoms with van der Waals surface area (Å²) >= 11 is 0. The fraction of sp³-hybridized carbons (Fsp3) is 0.269. The Bertz CT molecular complexity index is 1300. The van der Waals surface area contributed by atoms with Crippen LogP contribution >= 0.6 is 0 Å². The Balaban J connectivity index is 1.21. The van der Waals surface area contributed by atoms with Gasteiger partial charge in [-0.15, -0.1) is 0 Å². The van der Waals surface area contributed by atoms with Crippen LogP contribution in [0, 0.1) is 11.7 Å². The number of halogens is 1. The van der Waals surface area contributed by atoms with E-state index in [-0.39, 0.29) is 12.4 Å². The van der Waals surface area contributed by atoms with Gasteiger partial charge in [0, 0.05) is 37.7 Å². The normalized spacial score (nSPS) is 15.7. The summed E-state index contributed by atoms with van der Waals surface area (Å²) in [6, 6.07) is 8.64. The summed E-state index contributed by atoms with van der Waals surface area (Å²) in [7, 11) is 0. The molecule has 0 fully saturated rings. The molecule has 5 rings (SSSR count). The lowest BCUT2D eigenvalue weighted by molar-refractivity contribution is 0.286. The first-order chi connectivity index (χ1) is 17.1. The van der Waals surface area contributed by atoms with Gasteiger partial charge in [-0.1, -0.05) is 26.0 Å². The maximum atomic E-state index is 14.5. The third kappa shape index (κ3) is 5.03. The first-order valence-electron chi connectivity index (χ1n) is 11.6. The molecule has 0 amide bonds. The Morgan fingerprint density at radius 1 is 1.09 bits per heavy atom. The second-order valence-electron chi connectivity index (χ2n) is 8.49. The van der Waals surface area contributed by atoms with Gasteiger partial charge in [-0.2, -0.15) is 5.10 Å². The Hall–Kier alpha value is -4.14. The number of nitrogens with zero attached hydrogens (tertiary/aromatic N) is 7. The lowest BCUT2D eigenvalue weighted by atomic mass is 9.91. The van der Waals surface area contributed by atoms with Crippen LogP contribution in [0.1, 0.15) is 30.7 Å². The smallest absolute Gasteiger partial charge is 0.225 e. The Kier molecular flexibility index (Phi) is 6.47. The summed E-state index contributed by atoms with van der Waals surface area (Å²) in [5, 5.41) is 4.00. The fourth-order valence-electron chi connectivity index (χ4n) is 4.10. The van der Waals surface area contributed by atoms with E-state index < -0.39 is 5.82 Å². The van der Waals surface area contributed by atoms with Gasteiger partial charge in [-0.05, 0) is 47.2 Å². The number of rotatable bonds is 7. The van der Waals surface area contributed by atoms with E-state index in [9.17, 15) is 4.39 Å². The minimum Gasteiger partial charge on any atom is -0.484 e. The van der Waals surface area contributed by atoms with E-state index in [1.807, 2.05) is 30.7 Å². The van der Waals surface area contributed by atoms with Crippen LogP contribution in [0.3, 0.4) is 0 Å². The Morgan fingerprint density at radius 2 is 1.94 bits per heavy atom. The van der Waals surface area contributed by atoms with Crippen molar-refractivity contribution in [2.45, 2.75) is 26.9 Å². The third-order valence-corrected chi connectivity index (χ3v) is 6.07. The molecular weight excluding hydrogens is 445 g/mol. The summed E-state index contributed by atoms with van der Waals surface area (Å²) in [5.41, 5.74) is 4.76. The van der Waals surface area contributed by atoms with Crippen LogP contribution < -0.4 is 9.64 Å². The highest BCUT2D eigenvalue weighted by molar-refractivity contribution is 5.69. The van der Waals surface area contributed by atoms with Gasteiger partial charge in [0.1, 0.15) is 19.3 Å². The van der Waals surface area contributed by atoms with Gasteiger partial charge in [0.25, 0.3) is 0 Å². The van der Waals surface area contributed by atoms with Crippen molar-refractivity contribution in [3.05, 3.63) is 90.3 Å². The zero-order valence-corrected chi connectivity index (χ0v) is 19.7. The number of pyridine rings is 1. The lowest BCUT2D eigenvalue weighted by Crippen LogP contribution is -2.34. The molecular formula is C26H26FN7O. The number of hydrogen-bond acceptors (Lipinski definition) is 7. The first-order valence-corrected chi connectivity index (χ1v) is 11.6. The average molecular weight is 472 g/mol. The van der Waals surface area contributed by atoms with E-state index in [2.05, 4.69) is 49.9 Å². The molecule has 1 atom stereocenters. The van der Waals surface area contributed by atoms with Crippen LogP contribution in [0.4, 0.5) is 10.3 Å². The number of hydrogen-bond donors (Lipinski definition) is 0. The highest BCUT2D eigenvalue weighted by Gasteiger charge is 2.22. The van der Waals surface area contributed by atoms with E-state index in [1.165, 1.54) is 29.0 Å². The molecule has 9 heteroatoms. The van der Waals surface area contributed by atoms with Crippen molar-refractivity contribution < 1.29 is 9.13 Å². The van der Waals surface area contributed by atoms with E-state index in [0.29, 0.717) is 11.6 Å². The second kappa shape index (κ2) is 10.0. The summed E-state index contributed by atoms with van der Waals surface area (Å²) in [4.78, 5) is 19.6. The first kappa shape index (κ1) is 22.6. The van der Waals surface area contributed by atoms with Crippen LogP contribution in [0.25, 0.3) is 11.3 Å². The minimum atomic E-state index is -0.464. The van der Waals surface area contributed by atoms with E-state index in [1.54, 1.807) is 12.1 Å². The van der Waals surface area contributed by atoms with Crippen molar-refractivity contribution in [1.29, 1.82) is 0 Å². The van der Waals surface area contributed by atoms with Crippen molar-refractivity contribution in [3.63, 3.8) is 0 Å². The summed E-state index contributed by atoms with van der Waals surface area (Å²) in [6.07, 6.45) is 11.7. The summed E-state index contributed by atoms with van der Waals surface area (Å²) in [6.45, 7) is 6.05. The van der Waals surface area contributed by atoms with Crippen molar-refractivity contribution in [1.82, 2.24) is 29.7 Å². The van der Waals surface area contributed by atoms with Crippen molar-refractivity contribution in [2.24, 2.45) is 5.92 Å². The maximum Gasteiger partial charge on any atom is 0.225 e. The van der Waals surface area contributed by atoms with Gasteiger partial charge < -0.3 is 9.64 Å². The fourth-order valence-corrected chi connectivity index (χ4v) is 4.10. The number of aromatic nitrogens is 6. The zero-order chi connectivity index (χ0) is 24.2. The predicted octanol–water partition coefficient (Wildman–Crippen LogP) is 4.27. The molecule has 1 aliphatic heterocycles. The molecule has 1 unspecified atom stereocenters. The van der Waals surface area contributed by atoms with Crippen LogP contribution in [0.15, 0.2) is 67.7 Å². The van der Waals surface area contributed by atoms with Gasteiger partial charge in [-0.3, -0.25) is 4.98 Å². The molecule has 178 valence electrons. The van der Waals surface area contributed by atoms with Crippen LogP contribution in [0.2, 0.25) is 0 Å². The lowest BCUT2D eigenvalue weighted by Gasteiger charge is -2.31. The quantitative estimate of drug-likeness (QED) is 0.398. The topological polar surface area (TPSA) is 81.9 Å². The zero-order valence-electron chi connectivity index (χ0n) is 19.7. The highest BCUT2D eigenvalue weighted by Crippen LogP contribution is 2.29. The van der Waals surface area contributed by atoms with E-state index in [0.717, 1.165) is 42.3 Å². The number of aryl methyl sites for hydroxylation is 1. The molecule has 0 spiro atoms. The van der Waals surface area contributed by atoms with Gasteiger partial charge in [-0.25, -0.2) is 24.0 Å². The van der Waals surface area contributed by atoms with Gasteiger partial charge in [0.05, 0.1) is 11.4 Å². The minimum absolute atomic E-state index is 0.164. The molecule has 0 aliphatic carbocycles. The molecule has 0 saturated heterocycles.